The minimum absolute atomic E-state index is 0.543. The van der Waals surface area contributed by atoms with Crippen molar-refractivity contribution in [2.24, 2.45) is 0 Å². The van der Waals surface area contributed by atoms with E-state index < -0.39 is 5.97 Å². The number of rotatable bonds is 4. The molecule has 1 rings (SSSR count). The lowest BCUT2D eigenvalue weighted by atomic mass is 9.96. The van der Waals surface area contributed by atoms with Gasteiger partial charge >= 0.3 is 5.97 Å². The highest BCUT2D eigenvalue weighted by molar-refractivity contribution is 9.10. The minimum atomic E-state index is -0.936. The van der Waals surface area contributed by atoms with Crippen LogP contribution in [0.25, 0.3) is 0 Å². The van der Waals surface area contributed by atoms with Gasteiger partial charge in [-0.3, -0.25) is 0 Å². The molecule has 0 unspecified atom stereocenters. The summed E-state index contributed by atoms with van der Waals surface area (Å²) in [5.74, 6) is -0.0993. The Hall–Kier alpha value is -1.29. The van der Waals surface area contributed by atoms with Crippen LogP contribution < -0.4 is 4.74 Å². The van der Waals surface area contributed by atoms with Crippen LogP contribution in [0.15, 0.2) is 16.6 Å². The van der Waals surface area contributed by atoms with Gasteiger partial charge in [0.05, 0.1) is 7.11 Å². The summed E-state index contributed by atoms with van der Waals surface area (Å²) < 4.78 is 6.50. The van der Waals surface area contributed by atoms with Gasteiger partial charge < -0.3 is 9.84 Å². The zero-order valence-electron chi connectivity index (χ0n) is 11.0. The molecule has 4 heteroatoms. The first-order chi connectivity index (χ1) is 8.40. The van der Waals surface area contributed by atoms with E-state index in [0.717, 1.165) is 38.6 Å². The number of halogens is 1. The van der Waals surface area contributed by atoms with Gasteiger partial charge in [-0.2, -0.15) is 0 Å². The highest BCUT2D eigenvalue weighted by atomic mass is 79.9. The predicted molar refractivity (Wildman–Crippen MR) is 75.4 cm³/mol. The number of carbonyl (C=O) groups is 1. The molecule has 0 aromatic heterocycles. The summed E-state index contributed by atoms with van der Waals surface area (Å²) in [5.41, 5.74) is 4.33. The Balaban J connectivity index is 3.29. The maximum atomic E-state index is 10.5. The Morgan fingerprint density at radius 2 is 1.89 bits per heavy atom. The first-order valence-electron chi connectivity index (χ1n) is 5.61. The van der Waals surface area contributed by atoms with Crippen LogP contribution >= 0.6 is 15.9 Å². The molecule has 0 saturated heterocycles. The van der Waals surface area contributed by atoms with Crippen LogP contribution in [0.3, 0.4) is 0 Å². The fraction of sp³-hybridized carbons (Fsp3) is 0.357. The molecule has 1 N–H and O–H groups in total. The second-order valence-electron chi connectivity index (χ2n) is 4.15. The molecule has 98 valence electrons. The quantitative estimate of drug-likeness (QED) is 0.865. The van der Waals surface area contributed by atoms with Crippen LogP contribution in [0.2, 0.25) is 0 Å². The predicted octanol–water partition coefficient (Wildman–Crippen LogP) is 3.57. The summed E-state index contributed by atoms with van der Waals surface area (Å²) in [7, 11) is 1.64. The molecule has 0 aliphatic heterocycles. The molecule has 0 spiro atoms. The number of benzene rings is 1. The standard InChI is InChI=1S/C14H17BrO3/c1-8-9(2)14(18-4)11(10(3)13(8)15)6-5-7-12(16)17/h5,7H,6H2,1-4H3,(H,16,17)/b7-5+. The lowest BCUT2D eigenvalue weighted by Crippen LogP contribution is -2.01. The number of ether oxygens (including phenoxy) is 1. The molecule has 0 aliphatic rings. The zero-order valence-corrected chi connectivity index (χ0v) is 12.6. The molecular weight excluding hydrogens is 296 g/mol. The fourth-order valence-electron chi connectivity index (χ4n) is 1.94. The van der Waals surface area contributed by atoms with Crippen LogP contribution in [0, 0.1) is 20.8 Å². The second kappa shape index (κ2) is 6.05. The van der Waals surface area contributed by atoms with E-state index in [4.69, 9.17) is 9.84 Å². The van der Waals surface area contributed by atoms with Gasteiger partial charge in [0, 0.05) is 16.1 Å². The monoisotopic (exact) mass is 312 g/mol. The molecule has 3 nitrogen and oxygen atoms in total. The number of hydrogen-bond acceptors (Lipinski definition) is 2. The molecule has 1 aromatic rings. The van der Waals surface area contributed by atoms with E-state index in [1.165, 1.54) is 0 Å². The molecule has 0 saturated carbocycles. The third kappa shape index (κ3) is 2.93. The van der Waals surface area contributed by atoms with Crippen molar-refractivity contribution in [3.8, 4) is 5.75 Å². The van der Waals surface area contributed by atoms with E-state index in [9.17, 15) is 4.79 Å². The number of methoxy groups -OCH3 is 1. The van der Waals surface area contributed by atoms with Gasteiger partial charge in [-0.1, -0.05) is 22.0 Å². The Bertz CT molecular complexity index is 504. The summed E-state index contributed by atoms with van der Waals surface area (Å²) in [4.78, 5) is 10.5. The van der Waals surface area contributed by atoms with Crippen molar-refractivity contribution in [3.05, 3.63) is 38.9 Å². The summed E-state index contributed by atoms with van der Waals surface area (Å²) in [6.45, 7) is 6.04. The van der Waals surface area contributed by atoms with Crippen LogP contribution in [-0.4, -0.2) is 18.2 Å². The number of aliphatic carboxylic acids is 1. The average Bonchev–Trinajstić information content (AvgIpc) is 2.33. The first kappa shape index (κ1) is 14.8. The topological polar surface area (TPSA) is 46.5 Å². The van der Waals surface area contributed by atoms with Crippen LogP contribution in [0.5, 0.6) is 5.75 Å². The Labute approximate surface area is 116 Å². The van der Waals surface area contributed by atoms with Crippen molar-refractivity contribution in [2.75, 3.05) is 7.11 Å². The largest absolute Gasteiger partial charge is 0.496 e. The molecule has 0 fully saturated rings. The number of hydrogen-bond donors (Lipinski definition) is 1. The van der Waals surface area contributed by atoms with Crippen molar-refractivity contribution in [2.45, 2.75) is 27.2 Å². The van der Waals surface area contributed by atoms with E-state index >= 15 is 0 Å². The molecule has 18 heavy (non-hydrogen) atoms. The lowest BCUT2D eigenvalue weighted by molar-refractivity contribution is -0.131. The second-order valence-corrected chi connectivity index (χ2v) is 4.94. The van der Waals surface area contributed by atoms with E-state index in [2.05, 4.69) is 15.9 Å². The molecule has 0 radical (unpaired) electrons. The highest BCUT2D eigenvalue weighted by Crippen LogP contribution is 2.36. The lowest BCUT2D eigenvalue weighted by Gasteiger charge is -2.17. The summed E-state index contributed by atoms with van der Waals surface area (Å²) in [6.07, 6.45) is 3.33. The summed E-state index contributed by atoms with van der Waals surface area (Å²) in [6, 6.07) is 0. The number of carboxylic acid groups (broad SMARTS) is 1. The van der Waals surface area contributed by atoms with E-state index in [-0.39, 0.29) is 0 Å². The third-order valence-corrected chi connectivity index (χ3v) is 4.26. The fourth-order valence-corrected chi connectivity index (χ4v) is 2.48. The van der Waals surface area contributed by atoms with Crippen molar-refractivity contribution in [3.63, 3.8) is 0 Å². The molecule has 0 heterocycles. The van der Waals surface area contributed by atoms with Gasteiger partial charge in [-0.05, 0) is 43.9 Å². The smallest absolute Gasteiger partial charge is 0.327 e. The van der Waals surface area contributed by atoms with Crippen LogP contribution in [-0.2, 0) is 11.2 Å². The maximum Gasteiger partial charge on any atom is 0.327 e. The first-order valence-corrected chi connectivity index (χ1v) is 6.41. The van der Waals surface area contributed by atoms with Crippen molar-refractivity contribution in [1.29, 1.82) is 0 Å². The summed E-state index contributed by atoms with van der Waals surface area (Å²) in [5, 5.41) is 8.61. The molecule has 0 amide bonds. The van der Waals surface area contributed by atoms with Crippen molar-refractivity contribution in [1.82, 2.24) is 0 Å². The molecular formula is C14H17BrO3. The number of carboxylic acids is 1. The molecule has 1 aromatic carbocycles. The average molecular weight is 313 g/mol. The van der Waals surface area contributed by atoms with Gasteiger partial charge in [0.2, 0.25) is 0 Å². The molecule has 0 bridgehead atoms. The van der Waals surface area contributed by atoms with E-state index in [0.29, 0.717) is 6.42 Å². The van der Waals surface area contributed by atoms with Gasteiger partial charge in [-0.25, -0.2) is 4.79 Å². The Morgan fingerprint density at radius 3 is 2.39 bits per heavy atom. The Kier molecular flexibility index (Phi) is 4.96. The zero-order chi connectivity index (χ0) is 13.9. The van der Waals surface area contributed by atoms with Crippen molar-refractivity contribution >= 4 is 21.9 Å². The van der Waals surface area contributed by atoms with Crippen LogP contribution in [0.1, 0.15) is 22.3 Å². The number of allylic oxidation sites excluding steroid dienone is 1. The van der Waals surface area contributed by atoms with Gasteiger partial charge in [-0.15, -0.1) is 0 Å². The normalized spacial score (nSPS) is 10.9. The highest BCUT2D eigenvalue weighted by Gasteiger charge is 2.15. The van der Waals surface area contributed by atoms with Crippen LogP contribution in [0.4, 0.5) is 0 Å². The van der Waals surface area contributed by atoms with Gasteiger partial charge in [0.1, 0.15) is 5.75 Å². The molecule has 0 atom stereocenters. The van der Waals surface area contributed by atoms with E-state index in [1.807, 2.05) is 20.8 Å². The minimum Gasteiger partial charge on any atom is -0.496 e. The maximum absolute atomic E-state index is 10.5. The van der Waals surface area contributed by atoms with E-state index in [1.54, 1.807) is 13.2 Å². The SMILES string of the molecule is COc1c(C)c(C)c(Br)c(C)c1C/C=C/C(=O)O. The van der Waals surface area contributed by atoms with Gasteiger partial charge in [0.25, 0.3) is 0 Å². The van der Waals surface area contributed by atoms with Crippen molar-refractivity contribution < 1.29 is 14.6 Å². The van der Waals surface area contributed by atoms with Gasteiger partial charge in [0.15, 0.2) is 0 Å². The summed E-state index contributed by atoms with van der Waals surface area (Å²) >= 11 is 3.57. The Morgan fingerprint density at radius 1 is 1.28 bits per heavy atom. The third-order valence-electron chi connectivity index (χ3n) is 3.07. The molecule has 0 aliphatic carbocycles.